The third-order valence-electron chi connectivity index (χ3n) is 0.723. The summed E-state index contributed by atoms with van der Waals surface area (Å²) < 4.78 is 4.65. The van der Waals surface area contributed by atoms with Crippen molar-refractivity contribution in [2.75, 3.05) is 0 Å². The molecule has 0 unspecified atom stereocenters. The Morgan fingerprint density at radius 2 is 2.67 bits per heavy atom. The molecule has 48 valence electrons. The highest BCUT2D eigenvalue weighted by molar-refractivity contribution is 6.69. The predicted molar refractivity (Wildman–Crippen MR) is 30.7 cm³/mol. The summed E-state index contributed by atoms with van der Waals surface area (Å²) in [7, 11) is 0. The second kappa shape index (κ2) is 2.50. The van der Waals surface area contributed by atoms with E-state index in [2.05, 4.69) is 14.6 Å². The largest absolute Gasteiger partial charge is 0.441 e. The Balaban J connectivity index is 2.90. The number of rotatable bonds is 1. The second-order valence-electron chi connectivity index (χ2n) is 1.26. The fraction of sp³-hybridized carbons (Fsp3) is 0. The molecule has 1 heterocycles. The van der Waals surface area contributed by atoms with E-state index in [1.54, 1.807) is 0 Å². The average Bonchev–Trinajstić information content (AvgIpc) is 2.37. The van der Waals surface area contributed by atoms with E-state index in [1.165, 1.54) is 12.6 Å². The first-order valence-corrected chi connectivity index (χ1v) is 2.49. The van der Waals surface area contributed by atoms with Crippen LogP contribution >= 0.6 is 11.6 Å². The van der Waals surface area contributed by atoms with Crippen molar-refractivity contribution in [2.45, 2.75) is 0 Å². The highest BCUT2D eigenvalue weighted by Gasteiger charge is 2.01. The van der Waals surface area contributed by atoms with E-state index in [0.717, 1.165) is 0 Å². The molecule has 0 aliphatic heterocycles. The van der Waals surface area contributed by atoms with Crippen LogP contribution in [-0.2, 0) is 0 Å². The minimum atomic E-state index is -0.104. The lowest BCUT2D eigenvalue weighted by atomic mass is 10.6. The Morgan fingerprint density at radius 1 is 1.89 bits per heavy atom. The quantitative estimate of drug-likeness (QED) is 0.366. The van der Waals surface area contributed by atoms with Gasteiger partial charge in [-0.1, -0.05) is 16.8 Å². The predicted octanol–water partition coefficient (Wildman–Crippen LogP) is 1.05. The standard InChI is InChI=1S/C4H3ClN2O2/c5-4(7-8)3-1-6-2-9-3/h1-2,8H. The van der Waals surface area contributed by atoms with Crippen LogP contribution in [0, 0.1) is 0 Å². The fourth-order valence-electron chi connectivity index (χ4n) is 0.367. The lowest BCUT2D eigenvalue weighted by Gasteiger charge is -1.82. The van der Waals surface area contributed by atoms with Crippen molar-refractivity contribution in [3.05, 3.63) is 18.4 Å². The van der Waals surface area contributed by atoms with Crippen LogP contribution in [0.15, 0.2) is 22.2 Å². The first-order valence-electron chi connectivity index (χ1n) is 2.11. The van der Waals surface area contributed by atoms with Gasteiger partial charge in [0.1, 0.15) is 0 Å². The summed E-state index contributed by atoms with van der Waals surface area (Å²) in [5.74, 6) is 0.249. The van der Waals surface area contributed by atoms with Crippen LogP contribution in [-0.4, -0.2) is 15.4 Å². The van der Waals surface area contributed by atoms with E-state index in [0.29, 0.717) is 0 Å². The molecular formula is C4H3ClN2O2. The molecule has 0 aromatic carbocycles. The smallest absolute Gasteiger partial charge is 0.212 e. The van der Waals surface area contributed by atoms with E-state index in [-0.39, 0.29) is 10.9 Å². The van der Waals surface area contributed by atoms with Crippen molar-refractivity contribution in [1.29, 1.82) is 0 Å². The maximum atomic E-state index is 8.07. The molecule has 0 bridgehead atoms. The van der Waals surface area contributed by atoms with Crippen LogP contribution < -0.4 is 0 Å². The zero-order valence-corrected chi connectivity index (χ0v) is 5.04. The molecule has 0 aliphatic carbocycles. The Labute approximate surface area is 55.8 Å². The van der Waals surface area contributed by atoms with Gasteiger partial charge >= 0.3 is 0 Å². The van der Waals surface area contributed by atoms with Gasteiger partial charge in [-0.2, -0.15) is 0 Å². The summed E-state index contributed by atoms with van der Waals surface area (Å²) in [5.41, 5.74) is 0. The number of halogens is 1. The molecule has 0 aliphatic rings. The van der Waals surface area contributed by atoms with Gasteiger partial charge in [-0.15, -0.1) is 0 Å². The highest BCUT2D eigenvalue weighted by atomic mass is 35.5. The topological polar surface area (TPSA) is 58.6 Å². The third-order valence-corrected chi connectivity index (χ3v) is 0.985. The van der Waals surface area contributed by atoms with Gasteiger partial charge in [-0.3, -0.25) is 0 Å². The number of nitrogens with zero attached hydrogens (tertiary/aromatic N) is 2. The molecule has 0 spiro atoms. The summed E-state index contributed by atoms with van der Waals surface area (Å²) in [5, 5.41) is 10.6. The number of hydrogen-bond donors (Lipinski definition) is 1. The van der Waals surface area contributed by atoms with Crippen molar-refractivity contribution >= 4 is 16.8 Å². The molecule has 0 radical (unpaired) electrons. The maximum Gasteiger partial charge on any atom is 0.212 e. The molecule has 5 heteroatoms. The van der Waals surface area contributed by atoms with Crippen molar-refractivity contribution < 1.29 is 9.62 Å². The van der Waals surface area contributed by atoms with E-state index in [9.17, 15) is 0 Å². The lowest BCUT2D eigenvalue weighted by Crippen LogP contribution is -1.85. The monoisotopic (exact) mass is 146 g/mol. The summed E-state index contributed by atoms with van der Waals surface area (Å²) >= 11 is 5.30. The molecule has 1 aromatic heterocycles. The van der Waals surface area contributed by atoms with Gasteiger partial charge in [-0.05, 0) is 0 Å². The van der Waals surface area contributed by atoms with Crippen LogP contribution in [0.25, 0.3) is 0 Å². The Bertz CT molecular complexity index is 206. The molecule has 1 N–H and O–H groups in total. The van der Waals surface area contributed by atoms with Gasteiger partial charge in [0, 0.05) is 0 Å². The first-order chi connectivity index (χ1) is 4.34. The van der Waals surface area contributed by atoms with Crippen molar-refractivity contribution in [2.24, 2.45) is 5.16 Å². The normalized spacial score (nSPS) is 11.9. The average molecular weight is 147 g/mol. The van der Waals surface area contributed by atoms with Gasteiger partial charge in [0.2, 0.25) is 5.17 Å². The van der Waals surface area contributed by atoms with Gasteiger partial charge in [0.15, 0.2) is 12.2 Å². The molecule has 1 rings (SSSR count). The van der Waals surface area contributed by atoms with E-state index < -0.39 is 0 Å². The van der Waals surface area contributed by atoms with E-state index >= 15 is 0 Å². The van der Waals surface area contributed by atoms with E-state index in [1.807, 2.05) is 0 Å². The number of hydrogen-bond acceptors (Lipinski definition) is 4. The number of oxime groups is 1. The number of oxazole rings is 1. The molecule has 0 saturated heterocycles. The van der Waals surface area contributed by atoms with Gasteiger partial charge in [0.05, 0.1) is 6.20 Å². The fourth-order valence-corrected chi connectivity index (χ4v) is 0.460. The van der Waals surface area contributed by atoms with Gasteiger partial charge in [-0.25, -0.2) is 4.98 Å². The first kappa shape index (κ1) is 6.10. The summed E-state index contributed by atoms with van der Waals surface area (Å²) in [4.78, 5) is 3.55. The molecule has 1 aromatic rings. The van der Waals surface area contributed by atoms with Crippen molar-refractivity contribution in [3.63, 3.8) is 0 Å². The van der Waals surface area contributed by atoms with Crippen LogP contribution in [0.1, 0.15) is 5.76 Å². The highest BCUT2D eigenvalue weighted by Crippen LogP contribution is 2.01. The Morgan fingerprint density at radius 3 is 3.11 bits per heavy atom. The van der Waals surface area contributed by atoms with Crippen LogP contribution in [0.5, 0.6) is 0 Å². The third kappa shape index (κ3) is 1.20. The minimum absolute atomic E-state index is 0.104. The molecule has 9 heavy (non-hydrogen) atoms. The zero-order chi connectivity index (χ0) is 6.69. The molecule has 4 nitrogen and oxygen atoms in total. The van der Waals surface area contributed by atoms with Gasteiger partial charge < -0.3 is 9.62 Å². The van der Waals surface area contributed by atoms with E-state index in [4.69, 9.17) is 16.8 Å². The SMILES string of the molecule is ON=C(Cl)c1cnco1. The molecule has 0 fully saturated rings. The van der Waals surface area contributed by atoms with Crippen molar-refractivity contribution in [3.8, 4) is 0 Å². The Hall–Kier alpha value is -1.03. The molecule has 0 atom stereocenters. The Kier molecular flexibility index (Phi) is 1.69. The molecular weight excluding hydrogens is 144 g/mol. The minimum Gasteiger partial charge on any atom is -0.441 e. The maximum absolute atomic E-state index is 8.07. The zero-order valence-electron chi connectivity index (χ0n) is 4.28. The lowest BCUT2D eigenvalue weighted by molar-refractivity contribution is 0.319. The summed E-state index contributed by atoms with van der Waals surface area (Å²) in [6.45, 7) is 0. The van der Waals surface area contributed by atoms with Crippen LogP contribution in [0.2, 0.25) is 0 Å². The van der Waals surface area contributed by atoms with Crippen molar-refractivity contribution in [1.82, 2.24) is 4.98 Å². The summed E-state index contributed by atoms with van der Waals surface area (Å²) in [6, 6.07) is 0. The van der Waals surface area contributed by atoms with Crippen LogP contribution in [0.4, 0.5) is 0 Å². The molecule has 0 amide bonds. The second-order valence-corrected chi connectivity index (χ2v) is 1.61. The molecule has 0 saturated carbocycles. The van der Waals surface area contributed by atoms with Gasteiger partial charge in [0.25, 0.3) is 0 Å². The number of aromatic nitrogens is 1. The van der Waals surface area contributed by atoms with Crippen LogP contribution in [0.3, 0.4) is 0 Å². The summed E-state index contributed by atoms with van der Waals surface area (Å²) in [6.07, 6.45) is 2.55.